The van der Waals surface area contributed by atoms with Crippen LogP contribution >= 0.6 is 38.6 Å². The summed E-state index contributed by atoms with van der Waals surface area (Å²) in [6.07, 6.45) is 0. The zero-order valence-corrected chi connectivity index (χ0v) is 11.9. The first kappa shape index (κ1) is 12.0. The maximum atomic E-state index is 4.97. The largest absolute Gasteiger partial charge is 0.383 e. The molecular formula is C10H11BrN2OS2. The van der Waals surface area contributed by atoms with Gasteiger partial charge in [0.25, 0.3) is 0 Å². The van der Waals surface area contributed by atoms with E-state index < -0.39 is 0 Å². The molecule has 0 fully saturated rings. The number of hydrogen-bond acceptors (Lipinski definition) is 5. The summed E-state index contributed by atoms with van der Waals surface area (Å²) in [7, 11) is 1.69. The number of aromatic nitrogens is 1. The molecule has 0 radical (unpaired) electrons. The van der Waals surface area contributed by atoms with Crippen LogP contribution in [0.4, 0.5) is 5.13 Å². The van der Waals surface area contributed by atoms with E-state index in [-0.39, 0.29) is 0 Å². The zero-order chi connectivity index (χ0) is 11.4. The SMILES string of the molecule is COCCNc1nc(-c2cc(Br)cs2)cs1. The van der Waals surface area contributed by atoms with Crippen molar-refractivity contribution in [2.75, 3.05) is 25.6 Å². The molecule has 0 unspecified atom stereocenters. The lowest BCUT2D eigenvalue weighted by Gasteiger charge is -1.99. The summed E-state index contributed by atoms with van der Waals surface area (Å²) >= 11 is 6.75. The first-order valence-electron chi connectivity index (χ1n) is 4.72. The molecule has 0 saturated heterocycles. The number of nitrogens with one attached hydrogen (secondary N) is 1. The third-order valence-corrected chi connectivity index (χ3v) is 4.42. The Morgan fingerprint density at radius 2 is 2.31 bits per heavy atom. The third kappa shape index (κ3) is 3.04. The second kappa shape index (κ2) is 5.77. The van der Waals surface area contributed by atoms with Gasteiger partial charge in [-0.3, -0.25) is 0 Å². The summed E-state index contributed by atoms with van der Waals surface area (Å²) in [5, 5.41) is 8.28. The van der Waals surface area contributed by atoms with Crippen molar-refractivity contribution in [1.82, 2.24) is 4.98 Å². The Kier molecular flexibility index (Phi) is 4.34. The maximum absolute atomic E-state index is 4.97. The summed E-state index contributed by atoms with van der Waals surface area (Å²) in [6.45, 7) is 1.48. The van der Waals surface area contributed by atoms with Gasteiger partial charge in [0.05, 0.1) is 17.2 Å². The monoisotopic (exact) mass is 318 g/mol. The molecule has 0 aromatic carbocycles. The second-order valence-corrected chi connectivity index (χ2v) is 5.77. The molecule has 2 rings (SSSR count). The van der Waals surface area contributed by atoms with Gasteiger partial charge in [-0.2, -0.15) is 0 Å². The Morgan fingerprint density at radius 1 is 1.44 bits per heavy atom. The van der Waals surface area contributed by atoms with Gasteiger partial charge in [-0.05, 0) is 22.0 Å². The van der Waals surface area contributed by atoms with Gasteiger partial charge in [-0.1, -0.05) is 0 Å². The number of thiophene rings is 1. The summed E-state index contributed by atoms with van der Waals surface area (Å²) < 4.78 is 6.07. The fraction of sp³-hybridized carbons (Fsp3) is 0.300. The molecule has 1 N–H and O–H groups in total. The summed E-state index contributed by atoms with van der Waals surface area (Å²) in [5.74, 6) is 0. The number of ether oxygens (including phenoxy) is 1. The first-order valence-corrected chi connectivity index (χ1v) is 7.27. The van der Waals surface area contributed by atoms with Gasteiger partial charge in [0.1, 0.15) is 0 Å². The van der Waals surface area contributed by atoms with Crippen molar-refractivity contribution in [3.05, 3.63) is 21.3 Å². The Labute approximate surface area is 111 Å². The molecule has 0 amide bonds. The molecule has 3 nitrogen and oxygen atoms in total. The summed E-state index contributed by atoms with van der Waals surface area (Å²) in [6, 6.07) is 2.08. The second-order valence-electron chi connectivity index (χ2n) is 3.09. The van der Waals surface area contributed by atoms with Gasteiger partial charge in [0.15, 0.2) is 5.13 Å². The van der Waals surface area contributed by atoms with Crippen molar-refractivity contribution in [2.24, 2.45) is 0 Å². The molecular weight excluding hydrogens is 308 g/mol. The van der Waals surface area contributed by atoms with E-state index in [9.17, 15) is 0 Å². The van der Waals surface area contributed by atoms with Crippen LogP contribution in [0.15, 0.2) is 21.3 Å². The molecule has 0 saturated carbocycles. The fourth-order valence-electron chi connectivity index (χ4n) is 1.18. The Bertz CT molecular complexity index is 455. The number of anilines is 1. The van der Waals surface area contributed by atoms with Crippen LogP contribution in [-0.2, 0) is 4.74 Å². The standard InChI is InChI=1S/C10H11BrN2OS2/c1-14-3-2-12-10-13-8(6-16-10)9-4-7(11)5-15-9/h4-6H,2-3H2,1H3,(H,12,13). The Morgan fingerprint density at radius 3 is 3.00 bits per heavy atom. The van der Waals surface area contributed by atoms with Crippen molar-refractivity contribution in [3.8, 4) is 10.6 Å². The normalized spacial score (nSPS) is 10.6. The Hall–Kier alpha value is -0.430. The van der Waals surface area contributed by atoms with Crippen molar-refractivity contribution in [1.29, 1.82) is 0 Å². The molecule has 2 aromatic heterocycles. The molecule has 0 atom stereocenters. The predicted molar refractivity (Wildman–Crippen MR) is 73.5 cm³/mol. The highest BCUT2D eigenvalue weighted by Crippen LogP contribution is 2.31. The highest BCUT2D eigenvalue weighted by atomic mass is 79.9. The van der Waals surface area contributed by atoms with Crippen molar-refractivity contribution >= 4 is 43.7 Å². The lowest BCUT2D eigenvalue weighted by Crippen LogP contribution is -2.06. The lowest BCUT2D eigenvalue weighted by atomic mass is 10.4. The van der Waals surface area contributed by atoms with Crippen LogP contribution in [-0.4, -0.2) is 25.2 Å². The van der Waals surface area contributed by atoms with Crippen molar-refractivity contribution in [3.63, 3.8) is 0 Å². The molecule has 0 aliphatic carbocycles. The Balaban J connectivity index is 2.02. The summed E-state index contributed by atoms with van der Waals surface area (Å²) in [5.41, 5.74) is 1.03. The van der Waals surface area contributed by atoms with Gasteiger partial charge in [-0.25, -0.2) is 4.98 Å². The van der Waals surface area contributed by atoms with E-state index in [2.05, 4.69) is 43.1 Å². The van der Waals surface area contributed by atoms with Crippen LogP contribution in [0.2, 0.25) is 0 Å². The zero-order valence-electron chi connectivity index (χ0n) is 8.70. The van der Waals surface area contributed by atoms with E-state index in [1.54, 1.807) is 29.8 Å². The molecule has 2 heterocycles. The molecule has 0 bridgehead atoms. The van der Waals surface area contributed by atoms with E-state index in [4.69, 9.17) is 4.74 Å². The van der Waals surface area contributed by atoms with Crippen LogP contribution in [0.1, 0.15) is 0 Å². The number of halogens is 1. The number of hydrogen-bond donors (Lipinski definition) is 1. The van der Waals surface area contributed by atoms with E-state index in [1.807, 2.05) is 0 Å². The predicted octanol–water partition coefficient (Wildman–Crippen LogP) is 3.69. The minimum absolute atomic E-state index is 0.694. The number of rotatable bonds is 5. The molecule has 0 aliphatic heterocycles. The van der Waals surface area contributed by atoms with Crippen LogP contribution in [0.3, 0.4) is 0 Å². The highest BCUT2D eigenvalue weighted by Gasteiger charge is 2.06. The number of nitrogens with zero attached hydrogens (tertiary/aromatic N) is 1. The van der Waals surface area contributed by atoms with Crippen LogP contribution in [0.25, 0.3) is 10.6 Å². The van der Waals surface area contributed by atoms with Gasteiger partial charge in [0, 0.05) is 28.9 Å². The van der Waals surface area contributed by atoms with Gasteiger partial charge >= 0.3 is 0 Å². The van der Waals surface area contributed by atoms with Gasteiger partial charge < -0.3 is 10.1 Å². The first-order chi connectivity index (χ1) is 7.79. The molecule has 0 aliphatic rings. The maximum Gasteiger partial charge on any atom is 0.183 e. The number of thiazole rings is 1. The quantitative estimate of drug-likeness (QED) is 0.854. The lowest BCUT2D eigenvalue weighted by molar-refractivity contribution is 0.211. The van der Waals surface area contributed by atoms with E-state index in [1.165, 1.54) is 4.88 Å². The fourth-order valence-corrected chi connectivity index (χ4v) is 3.38. The van der Waals surface area contributed by atoms with Crippen LogP contribution in [0.5, 0.6) is 0 Å². The molecule has 86 valence electrons. The van der Waals surface area contributed by atoms with Crippen molar-refractivity contribution < 1.29 is 4.74 Å². The van der Waals surface area contributed by atoms with Crippen LogP contribution in [0, 0.1) is 0 Å². The van der Waals surface area contributed by atoms with Gasteiger partial charge in [-0.15, -0.1) is 22.7 Å². The highest BCUT2D eigenvalue weighted by molar-refractivity contribution is 9.10. The smallest absolute Gasteiger partial charge is 0.183 e. The summed E-state index contributed by atoms with van der Waals surface area (Å²) in [4.78, 5) is 5.69. The average molecular weight is 319 g/mol. The van der Waals surface area contributed by atoms with Crippen LogP contribution < -0.4 is 5.32 Å². The molecule has 2 aromatic rings. The average Bonchev–Trinajstić information content (AvgIpc) is 2.87. The van der Waals surface area contributed by atoms with E-state index in [0.29, 0.717) is 6.61 Å². The van der Waals surface area contributed by atoms with Crippen molar-refractivity contribution in [2.45, 2.75) is 0 Å². The van der Waals surface area contributed by atoms with E-state index in [0.717, 1.165) is 21.8 Å². The molecule has 0 spiro atoms. The van der Waals surface area contributed by atoms with E-state index >= 15 is 0 Å². The topological polar surface area (TPSA) is 34.1 Å². The minimum Gasteiger partial charge on any atom is -0.383 e. The number of methoxy groups -OCH3 is 1. The third-order valence-electron chi connectivity index (χ3n) is 1.91. The molecule has 16 heavy (non-hydrogen) atoms. The molecule has 6 heteroatoms. The minimum atomic E-state index is 0.694. The van der Waals surface area contributed by atoms with Gasteiger partial charge in [0.2, 0.25) is 0 Å².